The summed E-state index contributed by atoms with van der Waals surface area (Å²) in [5.41, 5.74) is 1.21. The molecule has 1 aromatic carbocycles. The number of benzene rings is 1. The van der Waals surface area contributed by atoms with Crippen molar-refractivity contribution in [3.05, 3.63) is 35.4 Å². The zero-order valence-corrected chi connectivity index (χ0v) is 9.24. The van der Waals surface area contributed by atoms with E-state index in [0.717, 1.165) is 11.1 Å². The fourth-order valence-corrected chi connectivity index (χ4v) is 2.70. The number of hydrogen-bond donors (Lipinski definition) is 1. The van der Waals surface area contributed by atoms with Crippen LogP contribution in [0.25, 0.3) is 0 Å². The van der Waals surface area contributed by atoms with Crippen molar-refractivity contribution >= 4 is 5.91 Å². The molecule has 1 amide bonds. The molecule has 0 radical (unpaired) electrons. The number of methoxy groups -OCH3 is 2. The van der Waals surface area contributed by atoms with Gasteiger partial charge in [0.05, 0.1) is 0 Å². The molecule has 84 valence electrons. The molecule has 1 atom stereocenters. The van der Waals surface area contributed by atoms with Crippen molar-refractivity contribution in [2.45, 2.75) is 17.7 Å². The maximum absolute atomic E-state index is 11.8. The highest BCUT2D eigenvalue weighted by Gasteiger charge is 2.74. The Bertz CT molecular complexity index is 467. The molecule has 0 saturated heterocycles. The summed E-state index contributed by atoms with van der Waals surface area (Å²) in [6.07, 6.45) is 0.662. The summed E-state index contributed by atoms with van der Waals surface area (Å²) in [6.45, 7) is 0. The van der Waals surface area contributed by atoms with Gasteiger partial charge in [0.1, 0.15) is 5.54 Å². The van der Waals surface area contributed by atoms with Crippen molar-refractivity contribution in [2.24, 2.45) is 0 Å². The van der Waals surface area contributed by atoms with Crippen LogP contribution in [0.4, 0.5) is 0 Å². The van der Waals surface area contributed by atoms with Crippen molar-refractivity contribution in [1.82, 2.24) is 5.32 Å². The molecule has 1 aliphatic carbocycles. The number of amides is 1. The van der Waals surface area contributed by atoms with Crippen LogP contribution in [0.3, 0.4) is 0 Å². The van der Waals surface area contributed by atoms with Gasteiger partial charge in [-0.15, -0.1) is 0 Å². The lowest BCUT2D eigenvalue weighted by Crippen LogP contribution is -2.37. The fraction of sp³-hybridized carbons (Fsp3) is 0.417. The molecule has 16 heavy (non-hydrogen) atoms. The predicted molar refractivity (Wildman–Crippen MR) is 57.0 cm³/mol. The number of carbonyl (C=O) groups is 1. The summed E-state index contributed by atoms with van der Waals surface area (Å²) in [7, 11) is 3.21. The highest BCUT2D eigenvalue weighted by Crippen LogP contribution is 2.61. The van der Waals surface area contributed by atoms with Crippen molar-refractivity contribution in [1.29, 1.82) is 0 Å². The first kappa shape index (κ1) is 9.81. The lowest BCUT2D eigenvalue weighted by molar-refractivity contribution is -0.146. The molecule has 1 N–H and O–H groups in total. The SMILES string of the molecule is COC1(OC)CC12NC(=O)c1ccccc12. The summed E-state index contributed by atoms with van der Waals surface area (Å²) < 4.78 is 10.8. The number of ether oxygens (including phenoxy) is 2. The summed E-state index contributed by atoms with van der Waals surface area (Å²) >= 11 is 0. The first-order valence-electron chi connectivity index (χ1n) is 5.21. The molecule has 0 aromatic heterocycles. The molecule has 1 unspecified atom stereocenters. The van der Waals surface area contributed by atoms with Crippen molar-refractivity contribution in [3.63, 3.8) is 0 Å². The van der Waals surface area contributed by atoms with Crippen molar-refractivity contribution in [3.8, 4) is 0 Å². The Balaban J connectivity index is 2.12. The molecular weight excluding hydrogens is 206 g/mol. The van der Waals surface area contributed by atoms with E-state index >= 15 is 0 Å². The second kappa shape index (κ2) is 2.84. The molecule has 1 spiro atoms. The largest absolute Gasteiger partial charge is 0.351 e. The van der Waals surface area contributed by atoms with Crippen LogP contribution in [0.15, 0.2) is 24.3 Å². The second-order valence-electron chi connectivity index (χ2n) is 4.24. The highest BCUT2D eigenvalue weighted by atomic mass is 16.7. The van der Waals surface area contributed by atoms with Gasteiger partial charge in [-0.3, -0.25) is 4.79 Å². The van der Waals surface area contributed by atoms with Crippen LogP contribution in [-0.2, 0) is 15.0 Å². The number of rotatable bonds is 2. The van der Waals surface area contributed by atoms with E-state index in [2.05, 4.69) is 5.32 Å². The van der Waals surface area contributed by atoms with Gasteiger partial charge in [0.2, 0.25) is 0 Å². The minimum absolute atomic E-state index is 0.0495. The predicted octanol–water partition coefficient (Wildman–Crippen LogP) is 1.02. The maximum Gasteiger partial charge on any atom is 0.252 e. The minimum atomic E-state index is -0.699. The summed E-state index contributed by atoms with van der Waals surface area (Å²) in [5.74, 6) is -0.749. The highest BCUT2D eigenvalue weighted by molar-refractivity contribution is 6.01. The zero-order chi connectivity index (χ0) is 11.4. The van der Waals surface area contributed by atoms with Crippen LogP contribution in [0, 0.1) is 0 Å². The van der Waals surface area contributed by atoms with Gasteiger partial charge in [-0.05, 0) is 11.6 Å². The summed E-state index contributed by atoms with van der Waals surface area (Å²) in [4.78, 5) is 11.8. The average Bonchev–Trinajstić information content (AvgIpc) is 2.89. The molecule has 3 rings (SSSR count). The summed E-state index contributed by atoms with van der Waals surface area (Å²) in [6, 6.07) is 7.57. The van der Waals surface area contributed by atoms with E-state index in [0.29, 0.717) is 6.42 Å². The van der Waals surface area contributed by atoms with Gasteiger partial charge < -0.3 is 14.8 Å². The van der Waals surface area contributed by atoms with E-state index in [9.17, 15) is 4.79 Å². The van der Waals surface area contributed by atoms with E-state index in [1.165, 1.54) is 0 Å². The van der Waals surface area contributed by atoms with Gasteiger partial charge >= 0.3 is 0 Å². The Morgan fingerprint density at radius 1 is 1.25 bits per heavy atom. The molecule has 0 bridgehead atoms. The third-order valence-electron chi connectivity index (χ3n) is 3.64. The van der Waals surface area contributed by atoms with Gasteiger partial charge in [0.25, 0.3) is 5.91 Å². The van der Waals surface area contributed by atoms with E-state index in [4.69, 9.17) is 9.47 Å². The van der Waals surface area contributed by atoms with Crippen LogP contribution in [0.1, 0.15) is 22.3 Å². The van der Waals surface area contributed by atoms with Gasteiger partial charge in [0.15, 0.2) is 5.79 Å². The molecular formula is C12H13NO3. The normalized spacial score (nSPS) is 29.0. The molecule has 1 fully saturated rings. The Kier molecular flexibility index (Phi) is 1.74. The lowest BCUT2D eigenvalue weighted by atomic mass is 10.0. The van der Waals surface area contributed by atoms with Crippen molar-refractivity contribution < 1.29 is 14.3 Å². The molecule has 2 aliphatic rings. The van der Waals surface area contributed by atoms with Crippen LogP contribution < -0.4 is 5.32 Å². The number of nitrogens with one attached hydrogen (secondary N) is 1. The van der Waals surface area contributed by atoms with Gasteiger partial charge in [0, 0.05) is 26.2 Å². The number of carbonyl (C=O) groups excluding carboxylic acids is 1. The zero-order valence-electron chi connectivity index (χ0n) is 9.24. The molecule has 1 heterocycles. The summed E-state index contributed by atoms with van der Waals surface area (Å²) in [5, 5.41) is 2.97. The van der Waals surface area contributed by atoms with Crippen LogP contribution >= 0.6 is 0 Å². The first-order valence-corrected chi connectivity index (χ1v) is 5.21. The van der Waals surface area contributed by atoms with E-state index in [1.54, 1.807) is 14.2 Å². The monoisotopic (exact) mass is 219 g/mol. The maximum atomic E-state index is 11.8. The molecule has 4 heteroatoms. The van der Waals surface area contributed by atoms with Crippen LogP contribution in [0.2, 0.25) is 0 Å². The molecule has 1 saturated carbocycles. The molecule has 4 nitrogen and oxygen atoms in total. The van der Waals surface area contributed by atoms with Gasteiger partial charge in [-0.1, -0.05) is 18.2 Å². The third kappa shape index (κ3) is 0.894. The molecule has 1 aromatic rings. The van der Waals surface area contributed by atoms with Gasteiger partial charge in [-0.2, -0.15) is 0 Å². The Labute approximate surface area is 93.5 Å². The lowest BCUT2D eigenvalue weighted by Gasteiger charge is -2.20. The van der Waals surface area contributed by atoms with Crippen LogP contribution in [0.5, 0.6) is 0 Å². The smallest absolute Gasteiger partial charge is 0.252 e. The molecule has 1 aliphatic heterocycles. The van der Waals surface area contributed by atoms with Crippen molar-refractivity contribution in [2.75, 3.05) is 14.2 Å². The minimum Gasteiger partial charge on any atom is -0.351 e. The Hall–Kier alpha value is -1.39. The van der Waals surface area contributed by atoms with E-state index < -0.39 is 11.3 Å². The van der Waals surface area contributed by atoms with E-state index in [1.807, 2.05) is 24.3 Å². The number of hydrogen-bond acceptors (Lipinski definition) is 3. The third-order valence-corrected chi connectivity index (χ3v) is 3.64. The second-order valence-corrected chi connectivity index (χ2v) is 4.24. The first-order chi connectivity index (χ1) is 7.69. The fourth-order valence-electron chi connectivity index (χ4n) is 2.70. The topological polar surface area (TPSA) is 47.6 Å². The van der Waals surface area contributed by atoms with Gasteiger partial charge in [-0.25, -0.2) is 0 Å². The van der Waals surface area contributed by atoms with Crippen LogP contribution in [-0.4, -0.2) is 25.9 Å². The average molecular weight is 219 g/mol. The quantitative estimate of drug-likeness (QED) is 0.755. The number of fused-ring (bicyclic) bond motifs is 2. The standard InChI is InChI=1S/C12H13NO3/c1-15-12(16-2)7-11(12)9-6-4-3-5-8(9)10(14)13-11/h3-6H,7H2,1-2H3,(H,13,14). The Morgan fingerprint density at radius 2 is 1.94 bits per heavy atom. The van der Waals surface area contributed by atoms with E-state index in [-0.39, 0.29) is 5.91 Å². The Morgan fingerprint density at radius 3 is 2.56 bits per heavy atom.